The van der Waals surface area contributed by atoms with Crippen LogP contribution in [0.3, 0.4) is 0 Å². The van der Waals surface area contributed by atoms with Crippen molar-refractivity contribution in [3.05, 3.63) is 83.6 Å². The largest absolute Gasteiger partial charge is 0.356 e. The fourth-order valence-corrected chi connectivity index (χ4v) is 5.17. The van der Waals surface area contributed by atoms with Crippen molar-refractivity contribution in [2.75, 3.05) is 5.32 Å². The summed E-state index contributed by atoms with van der Waals surface area (Å²) in [6.07, 6.45) is 1.98. The van der Waals surface area contributed by atoms with Crippen LogP contribution in [-0.4, -0.2) is 38.1 Å². The SMILES string of the molecule is CCCC(c1[nH]c2ccccc2c1-c1nc2c(NC=O)cccc2[nH]1)N1C(=O)c2ccccc2C1=O. The van der Waals surface area contributed by atoms with Gasteiger partial charge in [-0.2, -0.15) is 0 Å². The molecule has 0 saturated carbocycles. The summed E-state index contributed by atoms with van der Waals surface area (Å²) in [6, 6.07) is 19.8. The highest BCUT2D eigenvalue weighted by atomic mass is 16.2. The highest BCUT2D eigenvalue weighted by molar-refractivity contribution is 6.21. The molecule has 36 heavy (non-hydrogen) atoms. The number of imidazole rings is 1. The zero-order valence-electron chi connectivity index (χ0n) is 19.5. The van der Waals surface area contributed by atoms with Gasteiger partial charge in [0, 0.05) is 16.5 Å². The van der Waals surface area contributed by atoms with Crippen LogP contribution in [0.1, 0.15) is 52.2 Å². The normalized spacial score (nSPS) is 14.0. The molecule has 3 aromatic carbocycles. The van der Waals surface area contributed by atoms with E-state index in [2.05, 4.69) is 15.3 Å². The van der Waals surface area contributed by atoms with E-state index in [9.17, 15) is 14.4 Å². The smallest absolute Gasteiger partial charge is 0.262 e. The molecule has 6 rings (SSSR count). The van der Waals surface area contributed by atoms with Gasteiger partial charge in [0.15, 0.2) is 0 Å². The first kappa shape index (κ1) is 21.8. The maximum absolute atomic E-state index is 13.4. The van der Waals surface area contributed by atoms with Crippen LogP contribution in [0.2, 0.25) is 0 Å². The van der Waals surface area contributed by atoms with Crippen molar-refractivity contribution in [3.8, 4) is 11.4 Å². The molecule has 1 aliphatic rings. The van der Waals surface area contributed by atoms with Crippen LogP contribution in [0.25, 0.3) is 33.3 Å². The molecule has 178 valence electrons. The van der Waals surface area contributed by atoms with Crippen molar-refractivity contribution in [2.45, 2.75) is 25.8 Å². The third-order valence-corrected chi connectivity index (χ3v) is 6.73. The zero-order chi connectivity index (χ0) is 24.8. The van der Waals surface area contributed by atoms with Crippen LogP contribution in [0.5, 0.6) is 0 Å². The first-order chi connectivity index (χ1) is 17.6. The molecule has 2 aromatic heterocycles. The van der Waals surface area contributed by atoms with E-state index in [0.717, 1.165) is 34.1 Å². The Morgan fingerprint density at radius 3 is 2.33 bits per heavy atom. The number of aromatic nitrogens is 3. The predicted octanol–water partition coefficient (Wildman–Crippen LogP) is 5.42. The van der Waals surface area contributed by atoms with Crippen molar-refractivity contribution in [1.82, 2.24) is 19.9 Å². The first-order valence-corrected chi connectivity index (χ1v) is 11.9. The number of nitrogens with zero attached hydrogens (tertiary/aromatic N) is 2. The van der Waals surface area contributed by atoms with E-state index in [0.29, 0.717) is 41.0 Å². The monoisotopic (exact) mass is 477 g/mol. The van der Waals surface area contributed by atoms with Crippen LogP contribution in [0, 0.1) is 0 Å². The number of carbonyl (C=O) groups excluding carboxylic acids is 3. The van der Waals surface area contributed by atoms with Crippen LogP contribution in [0.15, 0.2) is 66.7 Å². The average molecular weight is 478 g/mol. The molecule has 0 fully saturated rings. The molecule has 3 N–H and O–H groups in total. The Labute approximate surface area is 206 Å². The number of anilines is 1. The Balaban J connectivity index is 1.57. The Hall–Kier alpha value is -4.72. The maximum Gasteiger partial charge on any atom is 0.262 e. The van der Waals surface area contributed by atoms with Gasteiger partial charge in [0.1, 0.15) is 11.3 Å². The Bertz CT molecular complexity index is 1630. The van der Waals surface area contributed by atoms with E-state index in [1.165, 1.54) is 4.90 Å². The van der Waals surface area contributed by atoms with E-state index in [1.807, 2.05) is 43.3 Å². The number of carbonyl (C=O) groups is 3. The number of H-pyrrole nitrogens is 2. The third kappa shape index (κ3) is 3.22. The third-order valence-electron chi connectivity index (χ3n) is 6.73. The number of rotatable bonds is 7. The number of fused-ring (bicyclic) bond motifs is 3. The van der Waals surface area contributed by atoms with Crippen molar-refractivity contribution in [3.63, 3.8) is 0 Å². The van der Waals surface area contributed by atoms with E-state index in [1.54, 1.807) is 30.3 Å². The molecule has 1 unspecified atom stereocenters. The second-order valence-corrected chi connectivity index (χ2v) is 8.84. The molecule has 1 aliphatic heterocycles. The second kappa shape index (κ2) is 8.49. The lowest BCUT2D eigenvalue weighted by atomic mass is 10.0. The lowest BCUT2D eigenvalue weighted by Gasteiger charge is -2.26. The fourth-order valence-electron chi connectivity index (χ4n) is 5.17. The molecule has 0 aliphatic carbocycles. The summed E-state index contributed by atoms with van der Waals surface area (Å²) in [7, 11) is 0. The van der Waals surface area contributed by atoms with E-state index in [-0.39, 0.29) is 11.8 Å². The summed E-state index contributed by atoms with van der Waals surface area (Å²) < 4.78 is 0. The summed E-state index contributed by atoms with van der Waals surface area (Å²) in [5.41, 5.74) is 5.27. The summed E-state index contributed by atoms with van der Waals surface area (Å²) in [6.45, 7) is 2.03. The summed E-state index contributed by atoms with van der Waals surface area (Å²) in [5, 5.41) is 3.63. The molecule has 8 nitrogen and oxygen atoms in total. The summed E-state index contributed by atoms with van der Waals surface area (Å²) in [4.78, 5) is 51.1. The van der Waals surface area contributed by atoms with Crippen molar-refractivity contribution < 1.29 is 14.4 Å². The van der Waals surface area contributed by atoms with Gasteiger partial charge >= 0.3 is 0 Å². The number of amides is 3. The lowest BCUT2D eigenvalue weighted by molar-refractivity contribution is -0.105. The zero-order valence-corrected chi connectivity index (χ0v) is 19.5. The Morgan fingerprint density at radius 1 is 0.917 bits per heavy atom. The predicted molar refractivity (Wildman–Crippen MR) is 138 cm³/mol. The van der Waals surface area contributed by atoms with Crippen LogP contribution >= 0.6 is 0 Å². The Morgan fingerprint density at radius 2 is 1.61 bits per heavy atom. The number of para-hydroxylation sites is 2. The highest BCUT2D eigenvalue weighted by Crippen LogP contribution is 2.41. The number of nitrogens with one attached hydrogen (secondary N) is 3. The lowest BCUT2D eigenvalue weighted by Crippen LogP contribution is -2.34. The number of hydrogen-bond donors (Lipinski definition) is 3. The summed E-state index contributed by atoms with van der Waals surface area (Å²) in [5.74, 6) is 0.0109. The molecule has 0 spiro atoms. The van der Waals surface area contributed by atoms with Gasteiger partial charge in [0.2, 0.25) is 6.41 Å². The minimum absolute atomic E-state index is 0.291. The highest BCUT2D eigenvalue weighted by Gasteiger charge is 2.41. The molecular formula is C28H23N5O3. The minimum atomic E-state index is -0.509. The molecule has 3 heterocycles. The van der Waals surface area contributed by atoms with Gasteiger partial charge in [-0.1, -0.05) is 49.7 Å². The number of imide groups is 1. The molecule has 0 saturated heterocycles. The molecule has 0 bridgehead atoms. The quantitative estimate of drug-likeness (QED) is 0.215. The standard InChI is InChI=1S/C28H23N5O3/c1-2-8-22(33-27(35)16-9-3-4-10-17(16)28(33)36)25-23(18-11-5-6-12-19(18)30-25)26-31-21-14-7-13-20(29-15-34)24(21)32-26/h3-7,9-15,22,30H,2,8H2,1H3,(H,29,34)(H,31,32). The number of aromatic amines is 2. The van der Waals surface area contributed by atoms with Gasteiger partial charge in [-0.15, -0.1) is 0 Å². The van der Waals surface area contributed by atoms with Crippen molar-refractivity contribution >= 4 is 45.8 Å². The molecular weight excluding hydrogens is 454 g/mol. The number of hydrogen-bond acceptors (Lipinski definition) is 4. The summed E-state index contributed by atoms with van der Waals surface area (Å²) >= 11 is 0. The minimum Gasteiger partial charge on any atom is -0.356 e. The fraction of sp³-hybridized carbons (Fsp3) is 0.143. The topological polar surface area (TPSA) is 111 Å². The van der Waals surface area contributed by atoms with Gasteiger partial charge in [-0.3, -0.25) is 19.3 Å². The van der Waals surface area contributed by atoms with E-state index < -0.39 is 6.04 Å². The van der Waals surface area contributed by atoms with Crippen LogP contribution in [0.4, 0.5) is 5.69 Å². The molecule has 5 aromatic rings. The number of benzene rings is 3. The molecule has 3 amide bonds. The van der Waals surface area contributed by atoms with Gasteiger partial charge < -0.3 is 15.3 Å². The first-order valence-electron chi connectivity index (χ1n) is 11.9. The second-order valence-electron chi connectivity index (χ2n) is 8.84. The van der Waals surface area contributed by atoms with Gasteiger partial charge in [-0.05, 0) is 36.8 Å². The molecule has 0 radical (unpaired) electrons. The van der Waals surface area contributed by atoms with Gasteiger partial charge in [0.25, 0.3) is 11.8 Å². The van der Waals surface area contributed by atoms with Crippen LogP contribution in [-0.2, 0) is 4.79 Å². The van der Waals surface area contributed by atoms with Gasteiger partial charge in [-0.25, -0.2) is 4.98 Å². The molecule has 1 atom stereocenters. The van der Waals surface area contributed by atoms with Crippen molar-refractivity contribution in [2.24, 2.45) is 0 Å². The van der Waals surface area contributed by atoms with E-state index >= 15 is 0 Å². The molecule has 8 heteroatoms. The van der Waals surface area contributed by atoms with Crippen molar-refractivity contribution in [1.29, 1.82) is 0 Å². The van der Waals surface area contributed by atoms with Gasteiger partial charge in [0.05, 0.1) is 34.1 Å². The Kier molecular flexibility index (Phi) is 5.14. The van der Waals surface area contributed by atoms with E-state index in [4.69, 9.17) is 4.98 Å². The maximum atomic E-state index is 13.4. The van der Waals surface area contributed by atoms with Crippen LogP contribution < -0.4 is 5.32 Å². The average Bonchev–Trinajstić information content (AvgIpc) is 3.56.